The van der Waals surface area contributed by atoms with Crippen molar-refractivity contribution in [2.75, 3.05) is 0 Å². The van der Waals surface area contributed by atoms with Crippen molar-refractivity contribution in [1.29, 1.82) is 0 Å². The normalized spacial score (nSPS) is 10.7. The number of hydrogen-bond donors (Lipinski definition) is 0. The molecule has 0 unspecified atom stereocenters. The second-order valence-corrected chi connectivity index (χ2v) is 5.47. The molecular formula is C14H26S. The minimum Gasteiger partial charge on any atom is -0.149 e. The van der Waals surface area contributed by atoms with Gasteiger partial charge in [0.15, 0.2) is 0 Å². The predicted molar refractivity (Wildman–Crippen MR) is 72.5 cm³/mol. The lowest BCUT2D eigenvalue weighted by Crippen LogP contribution is -2.17. The van der Waals surface area contributed by atoms with Gasteiger partial charge in [0, 0.05) is 4.88 Å². The van der Waals surface area contributed by atoms with Gasteiger partial charge in [0.2, 0.25) is 0 Å². The summed E-state index contributed by atoms with van der Waals surface area (Å²) in [6, 6.07) is 4.40. The van der Waals surface area contributed by atoms with E-state index >= 15 is 0 Å². The lowest BCUT2D eigenvalue weighted by Gasteiger charge is -2.24. The van der Waals surface area contributed by atoms with Crippen LogP contribution < -0.4 is 0 Å². The van der Waals surface area contributed by atoms with Crippen LogP contribution in [0.25, 0.3) is 0 Å². The van der Waals surface area contributed by atoms with Gasteiger partial charge in [0.05, 0.1) is 0 Å². The van der Waals surface area contributed by atoms with Crippen LogP contribution in [0.4, 0.5) is 0 Å². The molecule has 0 atom stereocenters. The van der Waals surface area contributed by atoms with Crippen molar-refractivity contribution < 1.29 is 0 Å². The van der Waals surface area contributed by atoms with Crippen molar-refractivity contribution in [3.05, 3.63) is 22.4 Å². The minimum atomic E-state index is 0.794. The maximum atomic E-state index is 2.33. The van der Waals surface area contributed by atoms with E-state index in [1.54, 1.807) is 0 Å². The van der Waals surface area contributed by atoms with Crippen molar-refractivity contribution in [1.82, 2.24) is 0 Å². The third-order valence-electron chi connectivity index (χ3n) is 2.73. The molecule has 0 aliphatic carbocycles. The molecule has 0 aliphatic rings. The standard InChI is InChI=1S/C12H20S.C2H6/c1-9(2)12(10(3)4)8-11-6-5-7-13-11;1-2/h5-7,9-10,12H,8H2,1-4H3;1-2H3. The van der Waals surface area contributed by atoms with E-state index in [9.17, 15) is 0 Å². The SMILES string of the molecule is CC.CC(C)C(Cc1cccs1)C(C)C. The average molecular weight is 226 g/mol. The Morgan fingerprint density at radius 1 is 1.07 bits per heavy atom. The molecule has 88 valence electrons. The van der Waals surface area contributed by atoms with Crippen molar-refractivity contribution in [3.63, 3.8) is 0 Å². The second kappa shape index (κ2) is 7.92. The fraction of sp³-hybridized carbons (Fsp3) is 0.714. The topological polar surface area (TPSA) is 0 Å². The van der Waals surface area contributed by atoms with Crippen LogP contribution in [0, 0.1) is 17.8 Å². The monoisotopic (exact) mass is 226 g/mol. The fourth-order valence-electron chi connectivity index (χ4n) is 1.90. The van der Waals surface area contributed by atoms with Crippen LogP contribution in [-0.4, -0.2) is 0 Å². The number of thiophene rings is 1. The van der Waals surface area contributed by atoms with E-state index in [2.05, 4.69) is 45.2 Å². The summed E-state index contributed by atoms with van der Waals surface area (Å²) in [5.74, 6) is 2.42. The number of hydrogen-bond acceptors (Lipinski definition) is 1. The molecule has 0 radical (unpaired) electrons. The molecule has 0 saturated carbocycles. The molecule has 0 spiro atoms. The molecule has 1 heterocycles. The van der Waals surface area contributed by atoms with Crippen molar-refractivity contribution >= 4 is 11.3 Å². The first-order chi connectivity index (χ1) is 7.11. The molecule has 0 aliphatic heterocycles. The van der Waals surface area contributed by atoms with Crippen LogP contribution in [0.5, 0.6) is 0 Å². The Bertz CT molecular complexity index is 213. The Morgan fingerprint density at radius 3 is 1.93 bits per heavy atom. The molecule has 1 aromatic heterocycles. The summed E-state index contributed by atoms with van der Waals surface area (Å²) in [6.45, 7) is 13.3. The van der Waals surface area contributed by atoms with E-state index in [1.165, 1.54) is 11.3 Å². The summed E-state index contributed by atoms with van der Waals surface area (Å²) < 4.78 is 0. The van der Waals surface area contributed by atoms with Crippen molar-refractivity contribution in [3.8, 4) is 0 Å². The third kappa shape index (κ3) is 5.36. The summed E-state index contributed by atoms with van der Waals surface area (Å²) >= 11 is 1.89. The van der Waals surface area contributed by atoms with Crippen LogP contribution >= 0.6 is 11.3 Å². The Kier molecular flexibility index (Phi) is 7.76. The largest absolute Gasteiger partial charge is 0.149 e. The second-order valence-electron chi connectivity index (χ2n) is 4.44. The van der Waals surface area contributed by atoms with Crippen LogP contribution in [0.2, 0.25) is 0 Å². The maximum Gasteiger partial charge on any atom is 0.00481 e. The summed E-state index contributed by atoms with van der Waals surface area (Å²) in [4.78, 5) is 1.53. The van der Waals surface area contributed by atoms with Crippen molar-refractivity contribution in [2.24, 2.45) is 17.8 Å². The van der Waals surface area contributed by atoms with Gasteiger partial charge in [-0.25, -0.2) is 0 Å². The van der Waals surface area contributed by atoms with E-state index in [4.69, 9.17) is 0 Å². The van der Waals surface area contributed by atoms with Gasteiger partial charge in [0.25, 0.3) is 0 Å². The molecule has 0 saturated heterocycles. The third-order valence-corrected chi connectivity index (χ3v) is 3.63. The summed E-state index contributed by atoms with van der Waals surface area (Å²) in [6.07, 6.45) is 1.26. The van der Waals surface area contributed by atoms with Crippen LogP contribution in [0.3, 0.4) is 0 Å². The molecule has 1 rings (SSSR count). The molecule has 0 amide bonds. The molecule has 1 heteroatoms. The molecular weight excluding hydrogens is 200 g/mol. The van der Waals surface area contributed by atoms with Gasteiger partial charge in [-0.15, -0.1) is 11.3 Å². The zero-order valence-corrected chi connectivity index (χ0v) is 11.9. The van der Waals surface area contributed by atoms with Gasteiger partial charge in [-0.05, 0) is 35.6 Å². The van der Waals surface area contributed by atoms with Gasteiger partial charge >= 0.3 is 0 Å². The zero-order chi connectivity index (χ0) is 11.8. The maximum absolute atomic E-state index is 2.33. The Balaban J connectivity index is 0.000000921. The molecule has 0 nitrogen and oxygen atoms in total. The first kappa shape index (κ1) is 14.7. The van der Waals surface area contributed by atoms with Crippen LogP contribution in [0.1, 0.15) is 46.4 Å². The summed E-state index contributed by atoms with van der Waals surface area (Å²) in [5.41, 5.74) is 0. The minimum absolute atomic E-state index is 0.794. The lowest BCUT2D eigenvalue weighted by molar-refractivity contribution is 0.288. The molecule has 0 aromatic carbocycles. The van der Waals surface area contributed by atoms with E-state index < -0.39 is 0 Å². The van der Waals surface area contributed by atoms with Gasteiger partial charge in [0.1, 0.15) is 0 Å². The quantitative estimate of drug-likeness (QED) is 0.658. The molecule has 0 N–H and O–H groups in total. The first-order valence-corrected chi connectivity index (χ1v) is 7.01. The van der Waals surface area contributed by atoms with Gasteiger partial charge in [-0.3, -0.25) is 0 Å². The highest BCUT2D eigenvalue weighted by molar-refractivity contribution is 7.09. The summed E-state index contributed by atoms with van der Waals surface area (Å²) in [7, 11) is 0. The highest BCUT2D eigenvalue weighted by Gasteiger charge is 2.17. The highest BCUT2D eigenvalue weighted by atomic mass is 32.1. The van der Waals surface area contributed by atoms with E-state index in [0.717, 1.165) is 17.8 Å². The molecule has 15 heavy (non-hydrogen) atoms. The Labute approximate surface area is 99.7 Å². The van der Waals surface area contributed by atoms with E-state index in [1.807, 2.05) is 25.2 Å². The zero-order valence-electron chi connectivity index (χ0n) is 11.1. The van der Waals surface area contributed by atoms with E-state index in [0.29, 0.717) is 0 Å². The number of rotatable bonds is 4. The van der Waals surface area contributed by atoms with Crippen molar-refractivity contribution in [2.45, 2.75) is 48.0 Å². The van der Waals surface area contributed by atoms with Gasteiger partial charge in [-0.1, -0.05) is 47.6 Å². The smallest absolute Gasteiger partial charge is 0.00481 e. The Hall–Kier alpha value is -0.300. The summed E-state index contributed by atoms with van der Waals surface area (Å²) in [5, 5.41) is 2.17. The van der Waals surface area contributed by atoms with Crippen LogP contribution in [0.15, 0.2) is 17.5 Å². The molecule has 1 aromatic rings. The van der Waals surface area contributed by atoms with Crippen LogP contribution in [-0.2, 0) is 6.42 Å². The van der Waals surface area contributed by atoms with Gasteiger partial charge < -0.3 is 0 Å². The molecule has 0 bridgehead atoms. The average Bonchev–Trinajstić information content (AvgIpc) is 2.68. The first-order valence-electron chi connectivity index (χ1n) is 6.13. The lowest BCUT2D eigenvalue weighted by atomic mass is 9.83. The fourth-order valence-corrected chi connectivity index (χ4v) is 2.68. The highest BCUT2D eigenvalue weighted by Crippen LogP contribution is 2.26. The Morgan fingerprint density at radius 2 is 1.60 bits per heavy atom. The van der Waals surface area contributed by atoms with E-state index in [-0.39, 0.29) is 0 Å². The van der Waals surface area contributed by atoms with Gasteiger partial charge in [-0.2, -0.15) is 0 Å². The molecule has 0 fully saturated rings. The predicted octanol–water partition coefficient (Wildman–Crippen LogP) is 5.25.